The van der Waals surface area contributed by atoms with Crippen molar-refractivity contribution in [1.29, 1.82) is 5.26 Å². The summed E-state index contributed by atoms with van der Waals surface area (Å²) >= 11 is 0. The molecule has 0 aliphatic heterocycles. The Morgan fingerprint density at radius 3 is 2.50 bits per heavy atom. The highest BCUT2D eigenvalue weighted by Crippen LogP contribution is 2.10. The Hall–Kier alpha value is -2.08. The molecule has 18 heavy (non-hydrogen) atoms. The molecule has 0 amide bonds. The van der Waals surface area contributed by atoms with Gasteiger partial charge >= 0.3 is 5.97 Å². The van der Waals surface area contributed by atoms with E-state index in [-0.39, 0.29) is 5.57 Å². The minimum Gasteiger partial charge on any atom is -0.462 e. The number of carbonyl (C=O) groups is 1. The van der Waals surface area contributed by atoms with Crippen LogP contribution in [0.1, 0.15) is 31.4 Å². The predicted octanol–water partition coefficient (Wildman–Crippen LogP) is 3.11. The Morgan fingerprint density at radius 2 is 2.00 bits per heavy atom. The van der Waals surface area contributed by atoms with Crippen molar-refractivity contribution in [2.75, 3.05) is 6.61 Å². The molecule has 1 rings (SSSR count). The summed E-state index contributed by atoms with van der Waals surface area (Å²) in [5, 5.41) is 8.94. The molecule has 0 saturated carbocycles. The number of nitrogens with zero attached hydrogens (tertiary/aromatic N) is 1. The summed E-state index contributed by atoms with van der Waals surface area (Å²) in [6, 6.07) is 9.63. The van der Waals surface area contributed by atoms with E-state index in [1.165, 1.54) is 5.56 Å². The highest BCUT2D eigenvalue weighted by Gasteiger charge is 2.09. The van der Waals surface area contributed by atoms with Crippen LogP contribution in [-0.4, -0.2) is 12.6 Å². The van der Waals surface area contributed by atoms with Crippen molar-refractivity contribution in [2.45, 2.75) is 26.7 Å². The fourth-order valence-electron chi connectivity index (χ4n) is 1.43. The van der Waals surface area contributed by atoms with E-state index in [0.717, 1.165) is 18.4 Å². The molecule has 0 aliphatic carbocycles. The molecule has 0 heterocycles. The van der Waals surface area contributed by atoms with Gasteiger partial charge in [-0.2, -0.15) is 5.26 Å². The highest BCUT2D eigenvalue weighted by atomic mass is 16.5. The van der Waals surface area contributed by atoms with Gasteiger partial charge in [-0.25, -0.2) is 4.79 Å². The van der Waals surface area contributed by atoms with E-state index in [1.54, 1.807) is 6.08 Å². The number of aryl methyl sites for hydroxylation is 1. The van der Waals surface area contributed by atoms with Gasteiger partial charge in [0.05, 0.1) is 6.61 Å². The molecule has 3 nitrogen and oxygen atoms in total. The quantitative estimate of drug-likeness (QED) is 0.453. The Morgan fingerprint density at radius 1 is 1.33 bits per heavy atom. The number of carbonyl (C=O) groups excluding carboxylic acids is 1. The molecule has 0 aromatic heterocycles. The number of esters is 1. The molecule has 0 N–H and O–H groups in total. The number of hydrogen-bond acceptors (Lipinski definition) is 3. The van der Waals surface area contributed by atoms with Crippen LogP contribution in [0.4, 0.5) is 0 Å². The van der Waals surface area contributed by atoms with E-state index >= 15 is 0 Å². The first kappa shape index (κ1) is 14.0. The average molecular weight is 243 g/mol. The van der Waals surface area contributed by atoms with E-state index in [0.29, 0.717) is 6.61 Å². The van der Waals surface area contributed by atoms with E-state index in [4.69, 9.17) is 10.00 Å². The van der Waals surface area contributed by atoms with Crippen molar-refractivity contribution < 1.29 is 9.53 Å². The first-order chi connectivity index (χ1) is 8.71. The van der Waals surface area contributed by atoms with Gasteiger partial charge in [0, 0.05) is 0 Å². The van der Waals surface area contributed by atoms with Gasteiger partial charge in [-0.3, -0.25) is 0 Å². The molecule has 0 aliphatic rings. The van der Waals surface area contributed by atoms with Crippen LogP contribution in [0, 0.1) is 11.3 Å². The zero-order valence-electron chi connectivity index (χ0n) is 10.8. The monoisotopic (exact) mass is 243 g/mol. The molecule has 0 atom stereocenters. The van der Waals surface area contributed by atoms with Crippen molar-refractivity contribution in [3.63, 3.8) is 0 Å². The second kappa shape index (κ2) is 7.29. The van der Waals surface area contributed by atoms with Crippen LogP contribution in [0.2, 0.25) is 0 Å². The van der Waals surface area contributed by atoms with E-state index < -0.39 is 5.97 Å². The molecule has 0 fully saturated rings. The second-order valence-corrected chi connectivity index (χ2v) is 3.90. The summed E-state index contributed by atoms with van der Waals surface area (Å²) in [4.78, 5) is 11.5. The Bertz CT molecular complexity index is 466. The third-order valence-corrected chi connectivity index (χ3v) is 2.48. The number of nitriles is 1. The minimum absolute atomic E-state index is 0.0349. The highest BCUT2D eigenvalue weighted by molar-refractivity contribution is 5.97. The molecule has 0 unspecified atom stereocenters. The first-order valence-electron chi connectivity index (χ1n) is 6.09. The molecular weight excluding hydrogens is 226 g/mol. The van der Waals surface area contributed by atoms with Crippen molar-refractivity contribution >= 4 is 12.0 Å². The smallest absolute Gasteiger partial charge is 0.348 e. The fourth-order valence-corrected chi connectivity index (χ4v) is 1.43. The number of benzene rings is 1. The lowest BCUT2D eigenvalue weighted by Crippen LogP contribution is -2.07. The lowest BCUT2D eigenvalue weighted by Gasteiger charge is -2.02. The average Bonchev–Trinajstić information content (AvgIpc) is 2.42. The third-order valence-electron chi connectivity index (χ3n) is 2.48. The number of hydrogen-bond donors (Lipinski definition) is 0. The van der Waals surface area contributed by atoms with E-state index in [2.05, 4.69) is 6.92 Å². The lowest BCUT2D eigenvalue weighted by molar-refractivity contribution is -0.138. The van der Waals surface area contributed by atoms with Crippen LogP contribution in [-0.2, 0) is 16.0 Å². The molecular formula is C15H17NO2. The van der Waals surface area contributed by atoms with Gasteiger partial charge in [0.1, 0.15) is 11.6 Å². The molecule has 3 heteroatoms. The van der Waals surface area contributed by atoms with Crippen LogP contribution >= 0.6 is 0 Å². The zero-order valence-corrected chi connectivity index (χ0v) is 10.8. The van der Waals surface area contributed by atoms with Crippen molar-refractivity contribution in [1.82, 2.24) is 0 Å². The van der Waals surface area contributed by atoms with Crippen LogP contribution in [0.15, 0.2) is 29.8 Å². The maximum atomic E-state index is 11.5. The fraction of sp³-hybridized carbons (Fsp3) is 0.333. The SMILES string of the molecule is CCCOC(=O)C(C#N)=Cc1ccc(CC)cc1. The second-order valence-electron chi connectivity index (χ2n) is 3.90. The van der Waals surface area contributed by atoms with E-state index in [1.807, 2.05) is 37.3 Å². The van der Waals surface area contributed by atoms with Gasteiger partial charge in [-0.05, 0) is 30.0 Å². The molecule has 0 spiro atoms. The Kier molecular flexibility index (Phi) is 5.66. The lowest BCUT2D eigenvalue weighted by atomic mass is 10.1. The third kappa shape index (κ3) is 4.06. The largest absolute Gasteiger partial charge is 0.462 e. The Balaban J connectivity index is 2.83. The summed E-state index contributed by atoms with van der Waals surface area (Å²) < 4.78 is 4.93. The summed E-state index contributed by atoms with van der Waals surface area (Å²) in [6.07, 6.45) is 3.26. The van der Waals surface area contributed by atoms with Crippen LogP contribution in [0.3, 0.4) is 0 Å². The standard InChI is InChI=1S/C15H17NO2/c1-3-9-18-15(17)14(11-16)10-13-7-5-12(4-2)6-8-13/h5-8,10H,3-4,9H2,1-2H3. The molecule has 1 aromatic rings. The van der Waals surface area contributed by atoms with Gasteiger partial charge in [0.25, 0.3) is 0 Å². The minimum atomic E-state index is -0.557. The number of rotatable bonds is 5. The normalized spacial score (nSPS) is 10.8. The molecule has 94 valence electrons. The van der Waals surface area contributed by atoms with Crippen molar-refractivity contribution in [3.05, 3.63) is 41.0 Å². The summed E-state index contributed by atoms with van der Waals surface area (Å²) in [7, 11) is 0. The van der Waals surface area contributed by atoms with Gasteiger partial charge < -0.3 is 4.74 Å². The van der Waals surface area contributed by atoms with Crippen molar-refractivity contribution in [3.8, 4) is 6.07 Å². The van der Waals surface area contributed by atoms with Crippen LogP contribution in [0.5, 0.6) is 0 Å². The molecule has 0 saturated heterocycles. The Labute approximate surface area is 108 Å². The molecule has 1 aromatic carbocycles. The summed E-state index contributed by atoms with van der Waals surface area (Å²) in [6.45, 7) is 4.33. The van der Waals surface area contributed by atoms with Gasteiger partial charge in [-0.1, -0.05) is 38.1 Å². The topological polar surface area (TPSA) is 50.1 Å². The van der Waals surface area contributed by atoms with Crippen LogP contribution < -0.4 is 0 Å². The first-order valence-corrected chi connectivity index (χ1v) is 6.09. The predicted molar refractivity (Wildman–Crippen MR) is 70.7 cm³/mol. The maximum absolute atomic E-state index is 11.5. The summed E-state index contributed by atoms with van der Waals surface area (Å²) in [5.74, 6) is -0.557. The van der Waals surface area contributed by atoms with E-state index in [9.17, 15) is 4.79 Å². The number of ether oxygens (including phenoxy) is 1. The zero-order chi connectivity index (χ0) is 13.4. The van der Waals surface area contributed by atoms with Crippen LogP contribution in [0.25, 0.3) is 6.08 Å². The molecule has 0 radical (unpaired) electrons. The van der Waals surface area contributed by atoms with Gasteiger partial charge in [-0.15, -0.1) is 0 Å². The van der Waals surface area contributed by atoms with Crippen molar-refractivity contribution in [2.24, 2.45) is 0 Å². The summed E-state index contributed by atoms with van der Waals surface area (Å²) in [5.41, 5.74) is 2.09. The molecule has 0 bridgehead atoms. The maximum Gasteiger partial charge on any atom is 0.348 e. The van der Waals surface area contributed by atoms with Gasteiger partial charge in [0.2, 0.25) is 0 Å². The van der Waals surface area contributed by atoms with Gasteiger partial charge in [0.15, 0.2) is 0 Å².